The van der Waals surface area contributed by atoms with Crippen LogP contribution in [0.5, 0.6) is 11.5 Å². The molecule has 2 fully saturated rings. The van der Waals surface area contributed by atoms with Gasteiger partial charge in [-0.25, -0.2) is 9.59 Å². The number of methoxy groups -OCH3 is 1. The third-order valence-corrected chi connectivity index (χ3v) is 13.8. The molecule has 0 aliphatic carbocycles. The number of hydrogen-bond donors (Lipinski definition) is 7. The van der Waals surface area contributed by atoms with Crippen molar-refractivity contribution in [2.24, 2.45) is 11.8 Å². The standard InChI is InChI=1S/C52H74Cl2O18/c1-13-30-22-26(6)33(56)18-16-15-17-31(23-66-51-45(65-12)42(61)44(29(9)67-51)69-49(64)35-32(14-2)36(53)39(58)37(54)38(35)57)48(63)68-34(28(8)55)20-19-25(5)21-27(7)43(30)70-50-41(60)40(59)46(52(10,11)72-50)71-47(62)24(3)4/h15-17,19,21-22,24,28-30,33-34,40-46,50-51,55-61H,13-14,18,20,23H2,1-12H3/t28?,29-,30?,33?,34+,40-,41+,42+,43+,44-,45+,46+,50-,51-/m1/s1. The third kappa shape index (κ3) is 14.7. The van der Waals surface area contributed by atoms with Gasteiger partial charge in [0.15, 0.2) is 36.3 Å². The highest BCUT2D eigenvalue weighted by Crippen LogP contribution is 2.45. The summed E-state index contributed by atoms with van der Waals surface area (Å²) in [5.41, 5.74) is 0.318. The number of phenolic OH excluding ortho intramolecular Hbond substituents is 2. The van der Waals surface area contributed by atoms with E-state index in [2.05, 4.69) is 0 Å². The number of halogens is 2. The predicted molar refractivity (Wildman–Crippen MR) is 265 cm³/mol. The molecule has 0 aromatic heterocycles. The van der Waals surface area contributed by atoms with Gasteiger partial charge in [-0.3, -0.25) is 4.79 Å². The topological polar surface area (TPSA) is 267 Å². The number of ether oxygens (including phenoxy) is 8. The van der Waals surface area contributed by atoms with Crippen molar-refractivity contribution >= 4 is 41.1 Å². The molecule has 1 aromatic carbocycles. The van der Waals surface area contributed by atoms with Crippen LogP contribution in [0.4, 0.5) is 0 Å². The molecule has 404 valence electrons. The molecule has 14 atom stereocenters. The van der Waals surface area contributed by atoms with E-state index in [1.807, 2.05) is 32.9 Å². The van der Waals surface area contributed by atoms with Gasteiger partial charge in [0, 0.05) is 19.4 Å². The van der Waals surface area contributed by atoms with E-state index < -0.39 is 144 Å². The van der Waals surface area contributed by atoms with Gasteiger partial charge in [-0.2, -0.15) is 0 Å². The lowest BCUT2D eigenvalue weighted by Gasteiger charge is -2.47. The second kappa shape index (κ2) is 26.5. The van der Waals surface area contributed by atoms with Crippen molar-refractivity contribution in [3.8, 4) is 11.5 Å². The maximum absolute atomic E-state index is 13.9. The highest BCUT2D eigenvalue weighted by atomic mass is 35.5. The zero-order valence-electron chi connectivity index (χ0n) is 43.0. The number of aromatic hydroxyl groups is 2. The summed E-state index contributed by atoms with van der Waals surface area (Å²) in [6.45, 7) is 18.1. The normalized spacial score (nSPS) is 31.5. The van der Waals surface area contributed by atoms with Crippen molar-refractivity contribution in [1.82, 2.24) is 0 Å². The van der Waals surface area contributed by atoms with E-state index in [1.165, 1.54) is 33.1 Å². The summed E-state index contributed by atoms with van der Waals surface area (Å²) < 4.78 is 47.5. The van der Waals surface area contributed by atoms with Crippen LogP contribution in [-0.2, 0) is 53.9 Å². The number of phenols is 2. The minimum atomic E-state index is -1.61. The molecule has 2 saturated heterocycles. The van der Waals surface area contributed by atoms with Crippen LogP contribution in [0.3, 0.4) is 0 Å². The van der Waals surface area contributed by atoms with Crippen molar-refractivity contribution in [2.45, 2.75) is 187 Å². The Balaban J connectivity index is 1.61. The first-order valence-corrected chi connectivity index (χ1v) is 24.9. The fraction of sp³-hybridized carbons (Fsp3) is 0.635. The van der Waals surface area contributed by atoms with E-state index in [0.717, 1.165) is 0 Å². The van der Waals surface area contributed by atoms with E-state index in [9.17, 15) is 50.1 Å². The number of esters is 3. The molecule has 4 rings (SSSR count). The Morgan fingerprint density at radius 3 is 2.17 bits per heavy atom. The Morgan fingerprint density at radius 2 is 1.57 bits per heavy atom. The fourth-order valence-corrected chi connectivity index (χ4v) is 9.16. The van der Waals surface area contributed by atoms with E-state index in [4.69, 9.17) is 61.1 Å². The zero-order valence-corrected chi connectivity index (χ0v) is 44.5. The molecule has 20 heteroatoms. The Labute approximate surface area is 431 Å². The fourth-order valence-electron chi connectivity index (χ4n) is 8.60. The van der Waals surface area contributed by atoms with Crippen LogP contribution in [0.1, 0.15) is 111 Å². The number of allylic oxidation sites excluding steroid dienone is 4. The molecular weight excluding hydrogens is 983 g/mol. The van der Waals surface area contributed by atoms with Crippen LogP contribution >= 0.6 is 23.2 Å². The molecule has 72 heavy (non-hydrogen) atoms. The van der Waals surface area contributed by atoms with E-state index in [1.54, 1.807) is 53.7 Å². The van der Waals surface area contributed by atoms with E-state index in [0.29, 0.717) is 23.1 Å². The number of rotatable bonds is 13. The average molecular weight is 1060 g/mol. The summed E-state index contributed by atoms with van der Waals surface area (Å²) in [5, 5.41) is 76.5. The van der Waals surface area contributed by atoms with Crippen molar-refractivity contribution in [3.05, 3.63) is 79.9 Å². The van der Waals surface area contributed by atoms with E-state index >= 15 is 0 Å². The highest BCUT2D eigenvalue weighted by molar-refractivity contribution is 6.39. The average Bonchev–Trinajstić information content (AvgIpc) is 3.32. The van der Waals surface area contributed by atoms with Gasteiger partial charge in [0.1, 0.15) is 46.7 Å². The zero-order chi connectivity index (χ0) is 54.1. The summed E-state index contributed by atoms with van der Waals surface area (Å²) in [4.78, 5) is 40.0. The molecule has 0 bridgehead atoms. The van der Waals surface area contributed by atoms with Crippen LogP contribution in [-0.4, -0.2) is 153 Å². The van der Waals surface area contributed by atoms with Crippen LogP contribution in [0.2, 0.25) is 10.0 Å². The Kier molecular flexibility index (Phi) is 22.4. The van der Waals surface area contributed by atoms with Gasteiger partial charge < -0.3 is 73.6 Å². The van der Waals surface area contributed by atoms with Crippen molar-refractivity contribution in [2.75, 3.05) is 13.7 Å². The summed E-state index contributed by atoms with van der Waals surface area (Å²) in [6, 6.07) is 0. The van der Waals surface area contributed by atoms with Gasteiger partial charge in [-0.05, 0) is 90.5 Å². The quantitative estimate of drug-likeness (QED) is 0.0655. The lowest BCUT2D eigenvalue weighted by molar-refractivity contribution is -0.333. The maximum Gasteiger partial charge on any atom is 0.342 e. The minimum absolute atomic E-state index is 0.0372. The lowest BCUT2D eigenvalue weighted by atomic mass is 9.88. The molecule has 1 aromatic rings. The molecule has 3 aliphatic heterocycles. The first-order valence-electron chi connectivity index (χ1n) is 24.2. The second-order valence-electron chi connectivity index (χ2n) is 19.4. The SMILES string of the molecule is CCc1c(Cl)c(O)c(Cl)c(O)c1C(=O)O[C@H]1[C@H](O)[C@H](OC)[C@H](OCC2=CC=CCC(O)C(C)=CC(CC)[C@@H](O[C@@H]3OC(C)(C)[C@@H](OC(=O)C(C)C)[C@H](O)[C@@H]3O)C(C)=CC(C)=CC[C@@H](C(C)O)OC2=O)O[C@@H]1C. The number of carbonyl (C=O) groups is 3. The number of cyclic esters (lactones) is 1. The molecule has 3 aliphatic rings. The summed E-state index contributed by atoms with van der Waals surface area (Å²) in [7, 11) is 1.26. The lowest BCUT2D eigenvalue weighted by Crippen LogP contribution is -2.64. The van der Waals surface area contributed by atoms with Crippen molar-refractivity contribution < 1.29 is 88.0 Å². The number of aliphatic hydroxyl groups is 5. The molecule has 3 heterocycles. The predicted octanol–water partition coefficient (Wildman–Crippen LogP) is 6.23. The first kappa shape index (κ1) is 60.7. The highest BCUT2D eigenvalue weighted by Gasteiger charge is 2.53. The molecule has 7 N–H and O–H groups in total. The number of carbonyl (C=O) groups excluding carboxylic acids is 3. The number of aliphatic hydroxyl groups excluding tert-OH is 5. The first-order chi connectivity index (χ1) is 33.7. The largest absolute Gasteiger partial charge is 0.505 e. The second-order valence-corrected chi connectivity index (χ2v) is 20.1. The maximum atomic E-state index is 13.9. The van der Waals surface area contributed by atoms with Gasteiger partial charge in [-0.1, -0.05) is 86.9 Å². The van der Waals surface area contributed by atoms with Gasteiger partial charge in [0.25, 0.3) is 0 Å². The van der Waals surface area contributed by atoms with Crippen LogP contribution in [0.15, 0.2) is 58.7 Å². The molecule has 0 amide bonds. The Hall–Kier alpha value is -3.89. The van der Waals surface area contributed by atoms with Gasteiger partial charge in [-0.15, -0.1) is 0 Å². The number of hydrogen-bond acceptors (Lipinski definition) is 18. The number of benzene rings is 1. The monoisotopic (exact) mass is 1060 g/mol. The van der Waals surface area contributed by atoms with Gasteiger partial charge in [0.2, 0.25) is 0 Å². The van der Waals surface area contributed by atoms with Crippen LogP contribution < -0.4 is 0 Å². The van der Waals surface area contributed by atoms with Crippen molar-refractivity contribution in [3.63, 3.8) is 0 Å². The minimum Gasteiger partial charge on any atom is -0.505 e. The molecule has 0 saturated carbocycles. The summed E-state index contributed by atoms with van der Waals surface area (Å²) in [5.74, 6) is -4.78. The summed E-state index contributed by atoms with van der Waals surface area (Å²) in [6.07, 6.45) is -5.45. The summed E-state index contributed by atoms with van der Waals surface area (Å²) >= 11 is 12.3. The molecule has 18 nitrogen and oxygen atoms in total. The smallest absolute Gasteiger partial charge is 0.342 e. The Morgan fingerprint density at radius 1 is 0.903 bits per heavy atom. The van der Waals surface area contributed by atoms with Crippen molar-refractivity contribution in [1.29, 1.82) is 0 Å². The molecule has 0 radical (unpaired) electrons. The Bertz CT molecular complexity index is 2220. The third-order valence-electron chi connectivity index (χ3n) is 13.0. The molecule has 3 unspecified atom stereocenters. The molecular formula is C52H74Cl2O18. The van der Waals surface area contributed by atoms with Crippen LogP contribution in [0, 0.1) is 11.8 Å². The van der Waals surface area contributed by atoms with Gasteiger partial charge >= 0.3 is 17.9 Å². The van der Waals surface area contributed by atoms with Crippen LogP contribution in [0.25, 0.3) is 0 Å². The van der Waals surface area contributed by atoms with Gasteiger partial charge in [0.05, 0.1) is 47.5 Å². The van der Waals surface area contributed by atoms with E-state index in [-0.39, 0.29) is 35.4 Å². The molecule has 0 spiro atoms.